The third-order valence-electron chi connectivity index (χ3n) is 3.84. The molecule has 0 saturated carbocycles. The second-order valence-corrected chi connectivity index (χ2v) is 5.15. The molecule has 6 heteroatoms. The highest BCUT2D eigenvalue weighted by atomic mass is 15.1. The van der Waals surface area contributed by atoms with Crippen LogP contribution in [-0.4, -0.2) is 24.1 Å². The number of rotatable bonds is 3. The Kier molecular flexibility index (Phi) is 2.93. The largest absolute Gasteiger partial charge is 0.383 e. The van der Waals surface area contributed by atoms with Gasteiger partial charge in [-0.3, -0.25) is 0 Å². The van der Waals surface area contributed by atoms with Crippen LogP contribution in [0.5, 0.6) is 0 Å². The molecule has 0 aliphatic rings. The first kappa shape index (κ1) is 12.7. The van der Waals surface area contributed by atoms with Gasteiger partial charge in [-0.25, -0.2) is 15.0 Å². The lowest BCUT2D eigenvalue weighted by atomic mass is 10.2. The lowest BCUT2D eigenvalue weighted by Crippen LogP contribution is -2.14. The van der Waals surface area contributed by atoms with Gasteiger partial charge in [-0.1, -0.05) is 0 Å². The fraction of sp³-hybridized carbons (Fsp3) is 0.357. The Labute approximate surface area is 117 Å². The Morgan fingerprint density at radius 2 is 2.10 bits per heavy atom. The molecule has 3 aromatic heterocycles. The molecule has 0 spiro atoms. The summed E-state index contributed by atoms with van der Waals surface area (Å²) in [4.78, 5) is 12.6. The van der Waals surface area contributed by atoms with Crippen LogP contribution in [0.3, 0.4) is 0 Å². The molecular weight excluding hydrogens is 252 g/mol. The van der Waals surface area contributed by atoms with Crippen molar-refractivity contribution in [2.75, 3.05) is 5.73 Å². The number of anilines is 1. The molecule has 0 aromatic carbocycles. The molecule has 0 bridgehead atoms. The third kappa shape index (κ3) is 1.84. The zero-order valence-corrected chi connectivity index (χ0v) is 11.9. The van der Waals surface area contributed by atoms with Crippen molar-refractivity contribution >= 4 is 16.9 Å². The van der Waals surface area contributed by atoms with E-state index in [1.807, 2.05) is 12.5 Å². The van der Waals surface area contributed by atoms with E-state index in [-0.39, 0.29) is 6.04 Å². The molecule has 0 fully saturated rings. The summed E-state index contributed by atoms with van der Waals surface area (Å²) in [6.45, 7) is 7.18. The molecule has 0 radical (unpaired) electrons. The number of hydrogen-bond donors (Lipinski definition) is 1. The molecule has 3 aromatic rings. The van der Waals surface area contributed by atoms with Gasteiger partial charge in [0, 0.05) is 24.6 Å². The first-order valence-electron chi connectivity index (χ1n) is 6.63. The Balaban J connectivity index is 2.11. The van der Waals surface area contributed by atoms with Gasteiger partial charge in [0.25, 0.3) is 0 Å². The first-order chi connectivity index (χ1) is 9.59. The van der Waals surface area contributed by atoms with E-state index in [4.69, 9.17) is 5.73 Å². The number of imidazole rings is 1. The van der Waals surface area contributed by atoms with Crippen LogP contribution < -0.4 is 5.73 Å². The van der Waals surface area contributed by atoms with Gasteiger partial charge in [0.05, 0.1) is 17.8 Å². The Bertz CT molecular complexity index is 741. The second-order valence-electron chi connectivity index (χ2n) is 5.15. The lowest BCUT2D eigenvalue weighted by molar-refractivity contribution is 0.466. The molecule has 3 rings (SSSR count). The van der Waals surface area contributed by atoms with Gasteiger partial charge < -0.3 is 14.9 Å². The smallest absolute Gasteiger partial charge is 0.146 e. The maximum Gasteiger partial charge on any atom is 0.146 e. The average molecular weight is 270 g/mol. The molecule has 6 nitrogen and oxygen atoms in total. The van der Waals surface area contributed by atoms with E-state index in [9.17, 15) is 0 Å². The number of aryl methyl sites for hydroxylation is 1. The van der Waals surface area contributed by atoms with Gasteiger partial charge in [-0.05, 0) is 26.3 Å². The summed E-state index contributed by atoms with van der Waals surface area (Å²) in [5.41, 5.74) is 9.23. The van der Waals surface area contributed by atoms with Crippen LogP contribution >= 0.6 is 0 Å². The lowest BCUT2D eigenvalue weighted by Gasteiger charge is -2.17. The van der Waals surface area contributed by atoms with Crippen LogP contribution in [0.1, 0.15) is 24.2 Å². The molecule has 0 aliphatic carbocycles. The van der Waals surface area contributed by atoms with Crippen LogP contribution in [0.2, 0.25) is 0 Å². The third-order valence-corrected chi connectivity index (χ3v) is 3.84. The first-order valence-corrected chi connectivity index (χ1v) is 6.63. The van der Waals surface area contributed by atoms with Gasteiger partial charge in [-0.15, -0.1) is 0 Å². The summed E-state index contributed by atoms with van der Waals surface area (Å²) < 4.78 is 4.29. The maximum absolute atomic E-state index is 6.00. The maximum atomic E-state index is 6.00. The van der Waals surface area contributed by atoms with Crippen LogP contribution in [0.4, 0.5) is 5.82 Å². The van der Waals surface area contributed by atoms with Crippen molar-refractivity contribution in [1.82, 2.24) is 24.1 Å². The predicted molar refractivity (Wildman–Crippen MR) is 78.4 cm³/mol. The van der Waals surface area contributed by atoms with Gasteiger partial charge in [0.2, 0.25) is 0 Å². The fourth-order valence-corrected chi connectivity index (χ4v) is 2.77. The second kappa shape index (κ2) is 4.63. The summed E-state index contributed by atoms with van der Waals surface area (Å²) >= 11 is 0. The molecule has 0 aliphatic heterocycles. The van der Waals surface area contributed by atoms with Crippen molar-refractivity contribution in [3.63, 3.8) is 0 Å². The van der Waals surface area contributed by atoms with E-state index < -0.39 is 0 Å². The van der Waals surface area contributed by atoms with Crippen LogP contribution in [0, 0.1) is 13.8 Å². The molecule has 0 amide bonds. The average Bonchev–Trinajstić information content (AvgIpc) is 2.99. The number of hydrogen-bond acceptors (Lipinski definition) is 4. The van der Waals surface area contributed by atoms with Gasteiger partial charge in [0.1, 0.15) is 17.8 Å². The van der Waals surface area contributed by atoms with Crippen LogP contribution in [-0.2, 0) is 6.54 Å². The molecule has 2 N–H and O–H groups in total. The van der Waals surface area contributed by atoms with Gasteiger partial charge in [0.15, 0.2) is 0 Å². The normalized spacial score (nSPS) is 12.9. The molecular formula is C14H18N6. The summed E-state index contributed by atoms with van der Waals surface area (Å²) in [6.07, 6.45) is 7.11. The Morgan fingerprint density at radius 3 is 2.80 bits per heavy atom. The van der Waals surface area contributed by atoms with Crippen LogP contribution in [0.25, 0.3) is 11.0 Å². The summed E-state index contributed by atoms with van der Waals surface area (Å²) in [7, 11) is 0. The van der Waals surface area contributed by atoms with Crippen molar-refractivity contribution in [2.45, 2.75) is 33.4 Å². The minimum Gasteiger partial charge on any atom is -0.383 e. The highest BCUT2D eigenvalue weighted by Gasteiger charge is 2.18. The summed E-state index contributed by atoms with van der Waals surface area (Å²) in [6, 6.07) is 0.259. The number of fused-ring (bicyclic) bond motifs is 1. The molecule has 104 valence electrons. The SMILES string of the molecule is Cc1c(C)n(C(C)Cn2ccnc2)c2ncnc(N)c12. The monoisotopic (exact) mass is 270 g/mol. The van der Waals surface area contributed by atoms with Crippen molar-refractivity contribution in [3.05, 3.63) is 36.3 Å². The molecule has 20 heavy (non-hydrogen) atoms. The van der Waals surface area contributed by atoms with Crippen molar-refractivity contribution < 1.29 is 0 Å². The number of aromatic nitrogens is 5. The fourth-order valence-electron chi connectivity index (χ4n) is 2.77. The standard InChI is InChI=1S/C14H18N6/c1-9(6-19-5-4-16-8-19)20-11(3)10(2)12-13(15)17-7-18-14(12)20/h4-5,7-9H,6H2,1-3H3,(H2,15,17,18). The van der Waals surface area contributed by atoms with E-state index in [1.54, 1.807) is 6.20 Å². The zero-order chi connectivity index (χ0) is 14.3. The van der Waals surface area contributed by atoms with E-state index in [0.29, 0.717) is 5.82 Å². The van der Waals surface area contributed by atoms with E-state index in [0.717, 1.165) is 23.1 Å². The topological polar surface area (TPSA) is 74.5 Å². The van der Waals surface area contributed by atoms with Crippen molar-refractivity contribution in [3.8, 4) is 0 Å². The highest BCUT2D eigenvalue weighted by Crippen LogP contribution is 2.30. The number of nitrogens with zero attached hydrogens (tertiary/aromatic N) is 5. The quantitative estimate of drug-likeness (QED) is 0.790. The highest BCUT2D eigenvalue weighted by molar-refractivity contribution is 5.90. The van der Waals surface area contributed by atoms with Crippen molar-refractivity contribution in [2.24, 2.45) is 0 Å². The zero-order valence-electron chi connectivity index (χ0n) is 11.9. The minimum absolute atomic E-state index is 0.259. The predicted octanol–water partition coefficient (Wildman–Crippen LogP) is 2.09. The molecule has 1 atom stereocenters. The summed E-state index contributed by atoms with van der Waals surface area (Å²) in [5, 5.41) is 0.961. The minimum atomic E-state index is 0.259. The van der Waals surface area contributed by atoms with E-state index in [1.165, 1.54) is 12.0 Å². The number of nitrogens with two attached hydrogens (primary N) is 1. The Morgan fingerprint density at radius 1 is 1.30 bits per heavy atom. The van der Waals surface area contributed by atoms with E-state index in [2.05, 4.69) is 44.9 Å². The molecule has 1 unspecified atom stereocenters. The molecule has 3 heterocycles. The van der Waals surface area contributed by atoms with E-state index >= 15 is 0 Å². The van der Waals surface area contributed by atoms with Gasteiger partial charge >= 0.3 is 0 Å². The van der Waals surface area contributed by atoms with Crippen LogP contribution in [0.15, 0.2) is 25.0 Å². The van der Waals surface area contributed by atoms with Gasteiger partial charge in [-0.2, -0.15) is 0 Å². The molecule has 0 saturated heterocycles. The summed E-state index contributed by atoms with van der Waals surface area (Å²) in [5.74, 6) is 0.546. The Hall–Kier alpha value is -2.37. The number of nitrogen functional groups attached to an aromatic ring is 1. The van der Waals surface area contributed by atoms with Crippen molar-refractivity contribution in [1.29, 1.82) is 0 Å².